The largest absolute Gasteiger partial charge is 0.490 e. The lowest BCUT2D eigenvalue weighted by Crippen LogP contribution is -2.28. The molecule has 0 bridgehead atoms. The van der Waals surface area contributed by atoms with Gasteiger partial charge in [-0.25, -0.2) is 0 Å². The lowest BCUT2D eigenvalue weighted by Gasteiger charge is -2.22. The Labute approximate surface area is 147 Å². The highest BCUT2D eigenvalue weighted by Crippen LogP contribution is 2.28. The Hall–Kier alpha value is -2.15. The first kappa shape index (κ1) is 19.9. The Morgan fingerprint density at radius 3 is 2.38 bits per heavy atom. The molecular formula is C17H22ClN3O3. The van der Waals surface area contributed by atoms with Crippen LogP contribution in [-0.2, 0) is 13.1 Å². The van der Waals surface area contributed by atoms with Crippen LogP contribution in [-0.4, -0.2) is 30.0 Å². The Kier molecular flexibility index (Phi) is 8.18. The van der Waals surface area contributed by atoms with Crippen molar-refractivity contribution in [3.8, 4) is 5.75 Å². The van der Waals surface area contributed by atoms with E-state index in [2.05, 4.69) is 17.0 Å². The molecule has 2 rings (SSSR count). The summed E-state index contributed by atoms with van der Waals surface area (Å²) < 4.78 is 5.03. The molecule has 7 heteroatoms. The van der Waals surface area contributed by atoms with E-state index in [1.54, 1.807) is 12.1 Å². The molecule has 0 spiro atoms. The summed E-state index contributed by atoms with van der Waals surface area (Å²) in [6.45, 7) is 2.59. The second-order valence-electron chi connectivity index (χ2n) is 5.25. The summed E-state index contributed by atoms with van der Waals surface area (Å²) in [5, 5.41) is 11.1. The third-order valence-electron chi connectivity index (χ3n) is 3.54. The third-order valence-corrected chi connectivity index (χ3v) is 3.54. The van der Waals surface area contributed by atoms with Gasteiger partial charge in [0, 0.05) is 32.2 Å². The van der Waals surface area contributed by atoms with Gasteiger partial charge >= 0.3 is 5.69 Å². The molecule has 0 saturated carbocycles. The third kappa shape index (κ3) is 5.49. The topological polar surface area (TPSA) is 81.6 Å². The molecule has 0 unspecified atom stereocenters. The number of halogens is 1. The summed E-state index contributed by atoms with van der Waals surface area (Å²) >= 11 is 0. The van der Waals surface area contributed by atoms with E-state index in [1.807, 2.05) is 24.3 Å². The minimum Gasteiger partial charge on any atom is -0.490 e. The maximum atomic E-state index is 11.1. The predicted octanol–water partition coefficient (Wildman–Crippen LogP) is 2.99. The molecule has 6 nitrogen and oxygen atoms in total. The van der Waals surface area contributed by atoms with Crippen LogP contribution in [0.3, 0.4) is 0 Å². The van der Waals surface area contributed by atoms with Crippen LogP contribution in [0.4, 0.5) is 5.69 Å². The summed E-state index contributed by atoms with van der Waals surface area (Å²) in [6, 6.07) is 15.1. The number of rotatable bonds is 8. The number of nitro groups is 1. The molecular weight excluding hydrogens is 330 g/mol. The Morgan fingerprint density at radius 2 is 1.79 bits per heavy atom. The molecule has 2 aromatic carbocycles. The van der Waals surface area contributed by atoms with E-state index in [-0.39, 0.29) is 23.8 Å². The molecule has 24 heavy (non-hydrogen) atoms. The van der Waals surface area contributed by atoms with Gasteiger partial charge in [0.2, 0.25) is 0 Å². The van der Waals surface area contributed by atoms with Gasteiger partial charge in [0.25, 0.3) is 0 Å². The highest BCUT2D eigenvalue weighted by molar-refractivity contribution is 5.85. The van der Waals surface area contributed by atoms with Gasteiger partial charge in [-0.1, -0.05) is 36.4 Å². The molecule has 0 aliphatic heterocycles. The van der Waals surface area contributed by atoms with Crippen molar-refractivity contribution in [2.24, 2.45) is 5.73 Å². The van der Waals surface area contributed by atoms with Crippen molar-refractivity contribution in [3.63, 3.8) is 0 Å². The number of nitro benzene ring substituents is 1. The number of nitrogens with zero attached hydrogens (tertiary/aromatic N) is 2. The fourth-order valence-corrected chi connectivity index (χ4v) is 2.47. The zero-order chi connectivity index (χ0) is 16.7. The van der Waals surface area contributed by atoms with E-state index < -0.39 is 4.92 Å². The quantitative estimate of drug-likeness (QED) is 0.584. The number of nitrogens with two attached hydrogens (primary N) is 1. The van der Waals surface area contributed by atoms with E-state index in [0.29, 0.717) is 19.6 Å². The van der Waals surface area contributed by atoms with Gasteiger partial charge in [0.05, 0.1) is 12.0 Å². The molecule has 0 aromatic heterocycles. The molecule has 2 N–H and O–H groups in total. The first-order valence-electron chi connectivity index (χ1n) is 7.41. The molecule has 2 aromatic rings. The number of hydrogen-bond acceptors (Lipinski definition) is 5. The van der Waals surface area contributed by atoms with Crippen molar-refractivity contribution in [3.05, 3.63) is 69.8 Å². The number of hydrogen-bond donors (Lipinski definition) is 1. The fourth-order valence-electron chi connectivity index (χ4n) is 2.47. The molecule has 0 saturated heterocycles. The van der Waals surface area contributed by atoms with Crippen molar-refractivity contribution in [2.45, 2.75) is 13.1 Å². The van der Waals surface area contributed by atoms with Gasteiger partial charge in [-0.15, -0.1) is 12.4 Å². The summed E-state index contributed by atoms with van der Waals surface area (Å²) in [4.78, 5) is 12.9. The zero-order valence-electron chi connectivity index (χ0n) is 13.6. The molecule has 0 amide bonds. The molecule has 0 heterocycles. The van der Waals surface area contributed by atoms with Crippen LogP contribution < -0.4 is 10.5 Å². The second kappa shape index (κ2) is 9.87. The summed E-state index contributed by atoms with van der Waals surface area (Å²) in [5.41, 5.74) is 7.72. The van der Waals surface area contributed by atoms with Crippen LogP contribution in [0.25, 0.3) is 0 Å². The maximum absolute atomic E-state index is 11.1. The number of ether oxygens (including phenoxy) is 1. The highest BCUT2D eigenvalue weighted by atomic mass is 35.5. The molecule has 0 fully saturated rings. The zero-order valence-corrected chi connectivity index (χ0v) is 14.4. The van der Waals surface area contributed by atoms with Crippen LogP contribution in [0, 0.1) is 10.1 Å². The molecule has 0 radical (unpaired) electrons. The molecule has 0 aliphatic carbocycles. The van der Waals surface area contributed by atoms with Gasteiger partial charge in [-0.3, -0.25) is 15.0 Å². The van der Waals surface area contributed by atoms with Gasteiger partial charge < -0.3 is 10.5 Å². The van der Waals surface area contributed by atoms with Gasteiger partial charge in [-0.2, -0.15) is 0 Å². The lowest BCUT2D eigenvalue weighted by molar-refractivity contribution is -0.385. The number of methoxy groups -OCH3 is 1. The van der Waals surface area contributed by atoms with E-state index in [9.17, 15) is 10.1 Å². The Bertz CT molecular complexity index is 653. The molecule has 130 valence electrons. The fraction of sp³-hybridized carbons (Fsp3) is 0.294. The van der Waals surface area contributed by atoms with Crippen molar-refractivity contribution < 1.29 is 9.66 Å². The Morgan fingerprint density at radius 1 is 1.12 bits per heavy atom. The average Bonchev–Trinajstić information content (AvgIpc) is 2.56. The van der Waals surface area contributed by atoms with Gasteiger partial charge in [0.1, 0.15) is 0 Å². The van der Waals surface area contributed by atoms with Crippen molar-refractivity contribution in [1.29, 1.82) is 0 Å². The van der Waals surface area contributed by atoms with Crippen molar-refractivity contribution in [1.82, 2.24) is 4.90 Å². The van der Waals surface area contributed by atoms with Gasteiger partial charge in [0.15, 0.2) is 5.75 Å². The predicted molar refractivity (Wildman–Crippen MR) is 96.5 cm³/mol. The van der Waals surface area contributed by atoms with E-state index >= 15 is 0 Å². The van der Waals surface area contributed by atoms with Crippen molar-refractivity contribution >= 4 is 18.1 Å². The highest BCUT2D eigenvalue weighted by Gasteiger charge is 2.16. The summed E-state index contributed by atoms with van der Waals surface area (Å²) in [6.07, 6.45) is 0. The monoisotopic (exact) mass is 351 g/mol. The van der Waals surface area contributed by atoms with Crippen molar-refractivity contribution in [2.75, 3.05) is 20.2 Å². The van der Waals surface area contributed by atoms with Crippen LogP contribution in [0.5, 0.6) is 5.75 Å². The summed E-state index contributed by atoms with van der Waals surface area (Å²) in [5.74, 6) is 0.271. The number of benzene rings is 2. The standard InChI is InChI=1S/C17H21N3O3.ClH/c1-23-17-8-7-15(11-16(17)20(21)22)13-19(10-9-18)12-14-5-3-2-4-6-14;/h2-8,11H,9-10,12-13,18H2,1H3;1H. The minimum absolute atomic E-state index is 0. The normalized spacial score (nSPS) is 10.3. The van der Waals surface area contributed by atoms with Crippen LogP contribution in [0.15, 0.2) is 48.5 Å². The van der Waals surface area contributed by atoms with Gasteiger partial charge in [-0.05, 0) is 17.2 Å². The van der Waals surface area contributed by atoms with Crippen LogP contribution >= 0.6 is 12.4 Å². The summed E-state index contributed by atoms with van der Waals surface area (Å²) in [7, 11) is 1.43. The first-order chi connectivity index (χ1) is 11.1. The van der Waals surface area contributed by atoms with Crippen LogP contribution in [0.2, 0.25) is 0 Å². The van der Waals surface area contributed by atoms with E-state index in [1.165, 1.54) is 12.7 Å². The first-order valence-corrected chi connectivity index (χ1v) is 7.41. The smallest absolute Gasteiger partial charge is 0.311 e. The van der Waals surface area contributed by atoms with E-state index in [4.69, 9.17) is 10.5 Å². The molecule has 0 atom stereocenters. The minimum atomic E-state index is -0.424. The second-order valence-corrected chi connectivity index (χ2v) is 5.25. The molecule has 0 aliphatic rings. The van der Waals surface area contributed by atoms with E-state index in [0.717, 1.165) is 12.1 Å². The Balaban J connectivity index is 0.00000288. The SMILES string of the molecule is COc1ccc(CN(CCN)Cc2ccccc2)cc1[N+](=O)[O-].Cl. The lowest BCUT2D eigenvalue weighted by atomic mass is 10.1. The average molecular weight is 352 g/mol. The van der Waals surface area contributed by atoms with Crippen LogP contribution in [0.1, 0.15) is 11.1 Å². The maximum Gasteiger partial charge on any atom is 0.311 e.